The van der Waals surface area contributed by atoms with Crippen molar-refractivity contribution in [3.05, 3.63) is 18.2 Å². The van der Waals surface area contributed by atoms with E-state index in [1.165, 1.54) is 0 Å². The maximum absolute atomic E-state index is 11.2. The number of amides is 1. The molecular formula is C8H8INO7S2. The van der Waals surface area contributed by atoms with Gasteiger partial charge in [0.25, 0.3) is 20.2 Å². The summed E-state index contributed by atoms with van der Waals surface area (Å²) in [6.45, 7) is 0. The van der Waals surface area contributed by atoms with Crippen LogP contribution in [0.2, 0.25) is 0 Å². The Morgan fingerprint density at radius 2 is 1.74 bits per heavy atom. The Labute approximate surface area is 122 Å². The third kappa shape index (κ3) is 4.38. The number of rotatable bonds is 4. The second-order valence-corrected chi connectivity index (χ2v) is 6.86. The quantitative estimate of drug-likeness (QED) is 0.367. The Morgan fingerprint density at radius 1 is 1.16 bits per heavy atom. The molecule has 0 saturated carbocycles. The van der Waals surface area contributed by atoms with Gasteiger partial charge in [-0.3, -0.25) is 13.9 Å². The first-order valence-corrected chi connectivity index (χ1v) is 8.91. The maximum Gasteiger partial charge on any atom is 0.296 e. The first kappa shape index (κ1) is 16.3. The zero-order valence-corrected chi connectivity index (χ0v) is 12.9. The lowest BCUT2D eigenvalue weighted by Gasteiger charge is -2.09. The highest BCUT2D eigenvalue weighted by molar-refractivity contribution is 14.1. The summed E-state index contributed by atoms with van der Waals surface area (Å²) in [5, 5.41) is 2.12. The van der Waals surface area contributed by atoms with Gasteiger partial charge in [-0.25, -0.2) is 0 Å². The smallest absolute Gasteiger partial charge is 0.296 e. The molecule has 0 fully saturated rings. The molecule has 1 amide bonds. The molecule has 0 aliphatic rings. The van der Waals surface area contributed by atoms with Crippen molar-refractivity contribution in [1.29, 1.82) is 0 Å². The summed E-state index contributed by atoms with van der Waals surface area (Å²) in [6, 6.07) is 2.29. The molecule has 0 bridgehead atoms. The molecule has 0 saturated heterocycles. The second-order valence-electron chi connectivity index (χ2n) is 3.29. The van der Waals surface area contributed by atoms with Crippen molar-refractivity contribution < 1.29 is 30.7 Å². The first-order valence-electron chi connectivity index (χ1n) is 4.50. The van der Waals surface area contributed by atoms with Crippen molar-refractivity contribution in [3.8, 4) is 0 Å². The molecule has 3 N–H and O–H groups in total. The van der Waals surface area contributed by atoms with Crippen LogP contribution in [-0.2, 0) is 25.0 Å². The van der Waals surface area contributed by atoms with Gasteiger partial charge in [0, 0.05) is 0 Å². The van der Waals surface area contributed by atoms with Gasteiger partial charge in [0.15, 0.2) is 0 Å². The summed E-state index contributed by atoms with van der Waals surface area (Å²) in [5.41, 5.74) is -0.431. The Hall–Kier alpha value is -0.760. The minimum Gasteiger partial charge on any atom is -0.324 e. The van der Waals surface area contributed by atoms with Gasteiger partial charge in [-0.15, -0.1) is 0 Å². The molecule has 1 aromatic carbocycles. The van der Waals surface area contributed by atoms with E-state index in [4.69, 9.17) is 9.11 Å². The van der Waals surface area contributed by atoms with E-state index >= 15 is 0 Å². The Kier molecular flexibility index (Phi) is 4.89. The molecule has 0 unspecified atom stereocenters. The van der Waals surface area contributed by atoms with Crippen molar-refractivity contribution in [3.63, 3.8) is 0 Å². The van der Waals surface area contributed by atoms with Crippen molar-refractivity contribution in [2.45, 2.75) is 9.79 Å². The number of carbonyl (C=O) groups excluding carboxylic acids is 1. The van der Waals surface area contributed by atoms with Gasteiger partial charge in [0.2, 0.25) is 5.91 Å². The number of benzene rings is 1. The lowest BCUT2D eigenvalue weighted by atomic mass is 10.3. The van der Waals surface area contributed by atoms with Gasteiger partial charge in [0.1, 0.15) is 4.90 Å². The van der Waals surface area contributed by atoms with Gasteiger partial charge in [-0.1, -0.05) is 22.6 Å². The van der Waals surface area contributed by atoms with Gasteiger partial charge >= 0.3 is 0 Å². The number of nitrogens with one attached hydrogen (secondary N) is 1. The topological polar surface area (TPSA) is 138 Å². The van der Waals surface area contributed by atoms with Crippen LogP contribution in [0.3, 0.4) is 0 Å². The fourth-order valence-electron chi connectivity index (χ4n) is 1.18. The van der Waals surface area contributed by atoms with E-state index in [0.717, 1.165) is 18.2 Å². The molecule has 0 aliphatic heterocycles. The minimum atomic E-state index is -4.64. The predicted octanol–water partition coefficient (Wildman–Crippen LogP) is 0.554. The molecule has 11 heteroatoms. The van der Waals surface area contributed by atoms with Crippen LogP contribution in [0.4, 0.5) is 5.69 Å². The predicted molar refractivity (Wildman–Crippen MR) is 73.6 cm³/mol. The van der Waals surface area contributed by atoms with Crippen molar-refractivity contribution in [2.75, 3.05) is 9.74 Å². The van der Waals surface area contributed by atoms with Gasteiger partial charge < -0.3 is 5.32 Å². The van der Waals surface area contributed by atoms with Crippen LogP contribution in [0, 0.1) is 0 Å². The van der Waals surface area contributed by atoms with E-state index in [-0.39, 0.29) is 4.43 Å². The summed E-state index contributed by atoms with van der Waals surface area (Å²) >= 11 is 1.71. The maximum atomic E-state index is 11.2. The monoisotopic (exact) mass is 421 g/mol. The molecule has 0 heterocycles. The molecule has 0 atom stereocenters. The van der Waals surface area contributed by atoms with E-state index in [1.807, 2.05) is 0 Å². The Bertz CT molecular complexity index is 711. The number of anilines is 1. The largest absolute Gasteiger partial charge is 0.324 e. The molecule has 1 aromatic rings. The Balaban J connectivity index is 3.48. The second kappa shape index (κ2) is 5.70. The molecule has 19 heavy (non-hydrogen) atoms. The van der Waals surface area contributed by atoms with Gasteiger partial charge in [-0.2, -0.15) is 16.8 Å². The highest BCUT2D eigenvalue weighted by Crippen LogP contribution is 2.25. The lowest BCUT2D eigenvalue weighted by Crippen LogP contribution is -2.16. The third-order valence-electron chi connectivity index (χ3n) is 1.92. The SMILES string of the molecule is O=C(CI)Nc1cc(S(=O)(=O)O)ccc1S(=O)(=O)O. The molecule has 106 valence electrons. The normalized spacial score (nSPS) is 12.2. The average molecular weight is 421 g/mol. The fourth-order valence-corrected chi connectivity index (χ4v) is 2.50. The van der Waals surface area contributed by atoms with Crippen LogP contribution >= 0.6 is 22.6 Å². The summed E-state index contributed by atoms with van der Waals surface area (Å²) in [5.74, 6) is -0.599. The first-order chi connectivity index (χ1) is 8.55. The lowest BCUT2D eigenvalue weighted by molar-refractivity contribution is -0.113. The zero-order valence-electron chi connectivity index (χ0n) is 9.07. The molecule has 0 radical (unpaired) electrons. The summed E-state index contributed by atoms with van der Waals surface area (Å²) < 4.78 is 61.8. The van der Waals surface area contributed by atoms with Gasteiger partial charge in [-0.05, 0) is 18.2 Å². The van der Waals surface area contributed by atoms with Crippen molar-refractivity contribution in [2.24, 2.45) is 0 Å². The van der Waals surface area contributed by atoms with E-state index < -0.39 is 41.6 Å². The van der Waals surface area contributed by atoms with Crippen LogP contribution in [0.5, 0.6) is 0 Å². The summed E-state index contributed by atoms with van der Waals surface area (Å²) in [6.07, 6.45) is 0. The molecule has 0 spiro atoms. The van der Waals surface area contributed by atoms with E-state index in [1.54, 1.807) is 22.6 Å². The van der Waals surface area contributed by atoms with Crippen molar-refractivity contribution in [1.82, 2.24) is 0 Å². The molecule has 0 aromatic heterocycles. The highest BCUT2D eigenvalue weighted by atomic mass is 127. The van der Waals surface area contributed by atoms with Gasteiger partial charge in [0.05, 0.1) is 15.0 Å². The van der Waals surface area contributed by atoms with Crippen LogP contribution in [0.1, 0.15) is 0 Å². The molecule has 0 aliphatic carbocycles. The number of carbonyl (C=O) groups is 1. The van der Waals surface area contributed by atoms with Crippen LogP contribution in [0.15, 0.2) is 28.0 Å². The number of hydrogen-bond acceptors (Lipinski definition) is 5. The minimum absolute atomic E-state index is 0.0151. The average Bonchev–Trinajstić information content (AvgIpc) is 2.26. The molecular weight excluding hydrogens is 413 g/mol. The van der Waals surface area contributed by atoms with Crippen LogP contribution in [0.25, 0.3) is 0 Å². The zero-order chi connectivity index (χ0) is 14.8. The molecule has 1 rings (SSSR count). The van der Waals surface area contributed by atoms with Crippen LogP contribution < -0.4 is 5.32 Å². The van der Waals surface area contributed by atoms with E-state index in [0.29, 0.717) is 0 Å². The Morgan fingerprint density at radius 3 is 2.16 bits per heavy atom. The van der Waals surface area contributed by atoms with Crippen molar-refractivity contribution >= 4 is 54.4 Å². The fraction of sp³-hybridized carbons (Fsp3) is 0.125. The third-order valence-corrected chi connectivity index (χ3v) is 4.38. The summed E-state index contributed by atoms with van der Waals surface area (Å²) in [4.78, 5) is 9.94. The standard InChI is InChI=1S/C8H8INO7S2/c9-4-8(11)10-6-3-5(18(12,13)14)1-2-7(6)19(15,16)17/h1-3H,4H2,(H,10,11)(H,12,13,14)(H,15,16,17). The number of hydrogen-bond donors (Lipinski definition) is 3. The summed E-state index contributed by atoms with van der Waals surface area (Å²) in [7, 11) is -9.20. The molecule has 8 nitrogen and oxygen atoms in total. The van der Waals surface area contributed by atoms with E-state index in [9.17, 15) is 21.6 Å². The van der Waals surface area contributed by atoms with Crippen LogP contribution in [-0.4, -0.2) is 36.3 Å². The number of alkyl halides is 1. The van der Waals surface area contributed by atoms with E-state index in [2.05, 4.69) is 5.32 Å². The number of halogens is 1. The highest BCUT2D eigenvalue weighted by Gasteiger charge is 2.20.